The molecule has 0 aliphatic heterocycles. The van der Waals surface area contributed by atoms with Crippen LogP contribution in [0.5, 0.6) is 0 Å². The van der Waals surface area contributed by atoms with Crippen LogP contribution in [0.3, 0.4) is 0 Å². The monoisotopic (exact) mass is 210 g/mol. The lowest BCUT2D eigenvalue weighted by atomic mass is 10.3. The number of unbranched alkanes of at least 4 members (excludes halogenated alkanes) is 1. The molecular formula is C15H30. The summed E-state index contributed by atoms with van der Waals surface area (Å²) in [4.78, 5) is 0. The Morgan fingerprint density at radius 1 is 1.00 bits per heavy atom. The molecule has 0 aliphatic carbocycles. The Kier molecular flexibility index (Phi) is 82.2. The number of hydrogen-bond acceptors (Lipinski definition) is 0. The number of rotatable bonds is 3. The molecule has 0 heterocycles. The van der Waals surface area contributed by atoms with Gasteiger partial charge >= 0.3 is 0 Å². The molecule has 0 nitrogen and oxygen atoms in total. The Hall–Kier alpha value is -1.04. The third-order valence-electron chi connectivity index (χ3n) is 0.964. The fraction of sp³-hybridized carbons (Fsp3) is 0.467. The van der Waals surface area contributed by atoms with E-state index in [9.17, 15) is 0 Å². The van der Waals surface area contributed by atoms with Crippen LogP contribution in [0.4, 0.5) is 0 Å². The van der Waals surface area contributed by atoms with Crippen LogP contribution in [0.1, 0.15) is 47.0 Å². The Balaban J connectivity index is -0.0000000574. The second-order valence-electron chi connectivity index (χ2n) is 2.46. The predicted octanol–water partition coefficient (Wildman–Crippen LogP) is 5.94. The lowest BCUT2D eigenvalue weighted by molar-refractivity contribution is 0.961. The van der Waals surface area contributed by atoms with Crippen molar-refractivity contribution in [1.29, 1.82) is 0 Å². The van der Waals surface area contributed by atoms with Gasteiger partial charge in [0.1, 0.15) is 0 Å². The molecular weight excluding hydrogens is 180 g/mol. The van der Waals surface area contributed by atoms with Crippen LogP contribution in [0.2, 0.25) is 0 Å². The van der Waals surface area contributed by atoms with Gasteiger partial charge in [-0.05, 0) is 26.7 Å². The van der Waals surface area contributed by atoms with Gasteiger partial charge < -0.3 is 0 Å². The van der Waals surface area contributed by atoms with E-state index < -0.39 is 0 Å². The highest BCUT2D eigenvalue weighted by Gasteiger charge is 1.61. The van der Waals surface area contributed by atoms with E-state index in [0.717, 1.165) is 12.8 Å². The van der Waals surface area contributed by atoms with Crippen molar-refractivity contribution in [1.82, 2.24) is 0 Å². The van der Waals surface area contributed by atoms with E-state index in [-0.39, 0.29) is 0 Å². The van der Waals surface area contributed by atoms with Gasteiger partial charge in [-0.1, -0.05) is 44.6 Å². The lowest BCUT2D eigenvalue weighted by Crippen LogP contribution is -1.52. The van der Waals surface area contributed by atoms with Gasteiger partial charge in [-0.25, -0.2) is 0 Å². The highest BCUT2D eigenvalue weighted by molar-refractivity contribution is 4.73. The summed E-state index contributed by atoms with van der Waals surface area (Å²) in [5.41, 5.74) is 0. The molecule has 0 heteroatoms. The average molecular weight is 210 g/mol. The third-order valence-corrected chi connectivity index (χ3v) is 0.964. The van der Waals surface area contributed by atoms with Gasteiger partial charge in [0.15, 0.2) is 0 Å². The molecule has 0 spiro atoms. The van der Waals surface area contributed by atoms with Crippen molar-refractivity contribution in [3.63, 3.8) is 0 Å². The first kappa shape index (κ1) is 23.6. The summed E-state index contributed by atoms with van der Waals surface area (Å²) in [6.45, 7) is 21.1. The van der Waals surface area contributed by atoms with Crippen molar-refractivity contribution < 1.29 is 0 Å². The Bertz CT molecular complexity index is 109. The largest absolute Gasteiger partial charge is 0.106 e. The molecule has 0 amide bonds. The molecule has 0 rings (SSSR count). The molecule has 0 aliphatic rings. The fourth-order valence-electron chi connectivity index (χ4n) is 0.440. The van der Waals surface area contributed by atoms with Crippen molar-refractivity contribution in [3.8, 4) is 0 Å². The van der Waals surface area contributed by atoms with E-state index in [2.05, 4.69) is 52.3 Å². The van der Waals surface area contributed by atoms with Crippen molar-refractivity contribution in [3.05, 3.63) is 50.6 Å². The minimum absolute atomic E-state index is 1.15. The van der Waals surface area contributed by atoms with Gasteiger partial charge in [0, 0.05) is 0 Å². The molecule has 0 N–H and O–H groups in total. The molecule has 0 atom stereocenters. The summed E-state index contributed by atoms with van der Waals surface area (Å²) in [6, 6.07) is 0. The maximum Gasteiger partial charge on any atom is -0.0356 e. The highest BCUT2D eigenvalue weighted by atomic mass is 13.7. The molecule has 15 heavy (non-hydrogen) atoms. The zero-order chi connectivity index (χ0) is 12.9. The summed E-state index contributed by atoms with van der Waals surface area (Å²) in [6.07, 6.45) is 11.4. The zero-order valence-electron chi connectivity index (χ0n) is 11.3. The van der Waals surface area contributed by atoms with Crippen molar-refractivity contribution in [2.75, 3.05) is 0 Å². The van der Waals surface area contributed by atoms with Crippen molar-refractivity contribution >= 4 is 0 Å². The average Bonchev–Trinajstić information content (AvgIpc) is 2.25. The SMILES string of the molecule is C/C=C/CC.C=C.C=CC.C=CCCC. The molecule has 0 fully saturated rings. The van der Waals surface area contributed by atoms with Crippen LogP contribution in [-0.2, 0) is 0 Å². The van der Waals surface area contributed by atoms with Gasteiger partial charge in [-0.15, -0.1) is 26.3 Å². The summed E-state index contributed by atoms with van der Waals surface area (Å²) >= 11 is 0. The van der Waals surface area contributed by atoms with Crippen LogP contribution >= 0.6 is 0 Å². The van der Waals surface area contributed by atoms with E-state index >= 15 is 0 Å². The molecule has 0 saturated carbocycles. The first-order valence-electron chi connectivity index (χ1n) is 5.54. The molecule has 0 aromatic rings. The second-order valence-corrected chi connectivity index (χ2v) is 2.46. The highest BCUT2D eigenvalue weighted by Crippen LogP contribution is 1.82. The number of allylic oxidation sites excluding steroid dienone is 4. The number of hydrogen-bond donors (Lipinski definition) is 0. The van der Waals surface area contributed by atoms with Gasteiger partial charge in [-0.3, -0.25) is 0 Å². The summed E-state index contributed by atoms with van der Waals surface area (Å²) in [7, 11) is 0. The normalized spacial score (nSPS) is 6.93. The minimum Gasteiger partial charge on any atom is -0.106 e. The van der Waals surface area contributed by atoms with Crippen LogP contribution in [0, 0.1) is 0 Å². The maximum atomic E-state index is 3.55. The third kappa shape index (κ3) is 178. The molecule has 90 valence electrons. The second kappa shape index (κ2) is 52.2. The van der Waals surface area contributed by atoms with Gasteiger partial charge in [0.2, 0.25) is 0 Å². The maximum absolute atomic E-state index is 3.55. The fourth-order valence-corrected chi connectivity index (χ4v) is 0.440. The van der Waals surface area contributed by atoms with Gasteiger partial charge in [-0.2, -0.15) is 0 Å². The summed E-state index contributed by atoms with van der Waals surface area (Å²) in [5, 5.41) is 0. The Labute approximate surface area is 98.1 Å². The van der Waals surface area contributed by atoms with Crippen LogP contribution in [0.15, 0.2) is 50.6 Å². The van der Waals surface area contributed by atoms with E-state index in [1.807, 2.05) is 19.9 Å². The Morgan fingerprint density at radius 2 is 1.40 bits per heavy atom. The summed E-state index contributed by atoms with van der Waals surface area (Å²) < 4.78 is 0. The van der Waals surface area contributed by atoms with E-state index in [0.29, 0.717) is 0 Å². The lowest BCUT2D eigenvalue weighted by Gasteiger charge is -1.72. The molecule has 0 aromatic carbocycles. The molecule has 0 saturated heterocycles. The zero-order valence-corrected chi connectivity index (χ0v) is 11.3. The topological polar surface area (TPSA) is 0 Å². The van der Waals surface area contributed by atoms with Crippen LogP contribution < -0.4 is 0 Å². The smallest absolute Gasteiger partial charge is 0.0356 e. The molecule has 0 bridgehead atoms. The van der Waals surface area contributed by atoms with Crippen molar-refractivity contribution in [2.24, 2.45) is 0 Å². The van der Waals surface area contributed by atoms with Gasteiger partial charge in [0.25, 0.3) is 0 Å². The Morgan fingerprint density at radius 3 is 1.40 bits per heavy atom. The molecule has 0 aromatic heterocycles. The quantitative estimate of drug-likeness (QED) is 0.506. The summed E-state index contributed by atoms with van der Waals surface area (Å²) in [5.74, 6) is 0. The van der Waals surface area contributed by atoms with E-state index in [1.54, 1.807) is 6.08 Å². The standard InChI is InChI=1S/2C5H10.C3H6.C2H4/c2*1-3-5-4-2;1-3-2;1-2/h3,5H,4H2,1-2H3;3H,1,4-5H2,2H3;3H,1H2,2H3;1-2H2/b5-3+;;;. The van der Waals surface area contributed by atoms with Gasteiger partial charge in [0.05, 0.1) is 0 Å². The molecule has 0 radical (unpaired) electrons. The molecule has 0 unspecified atom stereocenters. The predicted molar refractivity (Wildman–Crippen MR) is 77.3 cm³/mol. The van der Waals surface area contributed by atoms with Crippen LogP contribution in [-0.4, -0.2) is 0 Å². The van der Waals surface area contributed by atoms with E-state index in [1.165, 1.54) is 6.42 Å². The van der Waals surface area contributed by atoms with Crippen LogP contribution in [0.25, 0.3) is 0 Å². The first-order valence-corrected chi connectivity index (χ1v) is 5.54. The van der Waals surface area contributed by atoms with Crippen molar-refractivity contribution in [2.45, 2.75) is 47.0 Å². The van der Waals surface area contributed by atoms with E-state index in [4.69, 9.17) is 0 Å². The minimum atomic E-state index is 1.15. The first-order chi connectivity index (χ1) is 7.24.